The van der Waals surface area contributed by atoms with E-state index in [1.165, 1.54) is 11.3 Å². The number of carbonyl (C=O) groups is 1. The highest BCUT2D eigenvalue weighted by atomic mass is 35.5. The topological polar surface area (TPSA) is 57.5 Å². The molecule has 1 aromatic heterocycles. The second-order valence-electron chi connectivity index (χ2n) is 3.51. The van der Waals surface area contributed by atoms with Crippen molar-refractivity contribution >= 4 is 28.9 Å². The SMILES string of the molecule is O=C(O)C1(C(O)c2ccc(Cl)s2)CC1. The van der Waals surface area contributed by atoms with Gasteiger partial charge < -0.3 is 10.2 Å². The molecule has 76 valence electrons. The van der Waals surface area contributed by atoms with Crippen LogP contribution in [0, 0.1) is 5.41 Å². The molecule has 0 radical (unpaired) electrons. The molecule has 1 aromatic rings. The summed E-state index contributed by atoms with van der Waals surface area (Å²) in [5.41, 5.74) is -0.950. The van der Waals surface area contributed by atoms with Crippen LogP contribution in [0.5, 0.6) is 0 Å². The Hall–Kier alpha value is -0.580. The molecule has 2 N–H and O–H groups in total. The molecule has 14 heavy (non-hydrogen) atoms. The van der Waals surface area contributed by atoms with E-state index in [-0.39, 0.29) is 0 Å². The molecule has 2 rings (SSSR count). The van der Waals surface area contributed by atoms with E-state index < -0.39 is 17.5 Å². The predicted octanol–water partition coefficient (Wildman–Crippen LogP) is 2.30. The Bertz CT molecular complexity index is 370. The van der Waals surface area contributed by atoms with Crippen molar-refractivity contribution in [2.75, 3.05) is 0 Å². The van der Waals surface area contributed by atoms with Crippen LogP contribution in [-0.2, 0) is 4.79 Å². The van der Waals surface area contributed by atoms with Gasteiger partial charge in [0.15, 0.2) is 0 Å². The van der Waals surface area contributed by atoms with Gasteiger partial charge in [-0.25, -0.2) is 0 Å². The first-order valence-corrected chi connectivity index (χ1v) is 5.42. The highest BCUT2D eigenvalue weighted by Gasteiger charge is 2.56. The van der Waals surface area contributed by atoms with Gasteiger partial charge in [0.05, 0.1) is 9.75 Å². The number of aliphatic carboxylic acids is 1. The molecule has 1 saturated carbocycles. The van der Waals surface area contributed by atoms with Crippen LogP contribution in [0.4, 0.5) is 0 Å². The summed E-state index contributed by atoms with van der Waals surface area (Å²) >= 11 is 6.95. The molecule has 1 atom stereocenters. The summed E-state index contributed by atoms with van der Waals surface area (Å²) in [5, 5.41) is 18.8. The third kappa shape index (κ3) is 1.43. The predicted molar refractivity (Wildman–Crippen MR) is 53.6 cm³/mol. The second-order valence-corrected chi connectivity index (χ2v) is 5.25. The number of hydrogen-bond acceptors (Lipinski definition) is 3. The van der Waals surface area contributed by atoms with Crippen molar-refractivity contribution < 1.29 is 15.0 Å². The Morgan fingerprint density at radius 3 is 2.57 bits per heavy atom. The van der Waals surface area contributed by atoms with Gasteiger partial charge in [0.2, 0.25) is 0 Å². The average Bonchev–Trinajstić information content (AvgIpc) is 2.84. The minimum Gasteiger partial charge on any atom is -0.481 e. The Kier molecular flexibility index (Phi) is 2.29. The van der Waals surface area contributed by atoms with Crippen molar-refractivity contribution in [2.24, 2.45) is 5.41 Å². The van der Waals surface area contributed by atoms with E-state index in [9.17, 15) is 9.90 Å². The van der Waals surface area contributed by atoms with Crippen LogP contribution in [0.2, 0.25) is 4.34 Å². The fourth-order valence-electron chi connectivity index (χ4n) is 1.49. The van der Waals surface area contributed by atoms with Crippen LogP contribution in [0.3, 0.4) is 0 Å². The lowest BCUT2D eigenvalue weighted by molar-refractivity contribution is -0.148. The number of carboxylic acid groups (broad SMARTS) is 1. The van der Waals surface area contributed by atoms with Crippen LogP contribution >= 0.6 is 22.9 Å². The smallest absolute Gasteiger partial charge is 0.312 e. The minimum atomic E-state index is -0.950. The maximum absolute atomic E-state index is 10.9. The first kappa shape index (κ1) is 9.96. The van der Waals surface area contributed by atoms with Crippen LogP contribution in [0.15, 0.2) is 12.1 Å². The molecule has 1 aliphatic carbocycles. The van der Waals surface area contributed by atoms with Crippen molar-refractivity contribution in [1.29, 1.82) is 0 Å². The quantitative estimate of drug-likeness (QED) is 0.841. The third-order valence-electron chi connectivity index (χ3n) is 2.60. The minimum absolute atomic E-state index is 0.541. The summed E-state index contributed by atoms with van der Waals surface area (Å²) in [4.78, 5) is 11.6. The van der Waals surface area contributed by atoms with Crippen molar-refractivity contribution in [3.05, 3.63) is 21.3 Å². The van der Waals surface area contributed by atoms with Gasteiger partial charge >= 0.3 is 5.97 Å². The van der Waals surface area contributed by atoms with Crippen LogP contribution in [-0.4, -0.2) is 16.2 Å². The molecular formula is C9H9ClO3S. The lowest BCUT2D eigenvalue weighted by Crippen LogP contribution is -2.22. The Balaban J connectivity index is 2.24. The Labute approximate surface area is 89.9 Å². The molecule has 0 spiro atoms. The summed E-state index contributed by atoms with van der Waals surface area (Å²) in [5.74, 6) is -0.922. The van der Waals surface area contributed by atoms with Gasteiger partial charge in [-0.05, 0) is 25.0 Å². The van der Waals surface area contributed by atoms with Crippen molar-refractivity contribution in [2.45, 2.75) is 18.9 Å². The van der Waals surface area contributed by atoms with Crippen molar-refractivity contribution in [3.8, 4) is 0 Å². The molecule has 0 saturated heterocycles. The Morgan fingerprint density at radius 2 is 2.21 bits per heavy atom. The zero-order valence-electron chi connectivity index (χ0n) is 7.24. The first-order valence-electron chi connectivity index (χ1n) is 4.23. The van der Waals surface area contributed by atoms with E-state index in [0.29, 0.717) is 22.1 Å². The Morgan fingerprint density at radius 1 is 1.57 bits per heavy atom. The normalized spacial score (nSPS) is 20.4. The average molecular weight is 233 g/mol. The molecular weight excluding hydrogens is 224 g/mol. The molecule has 0 amide bonds. The molecule has 3 nitrogen and oxygen atoms in total. The largest absolute Gasteiger partial charge is 0.481 e. The standard InChI is InChI=1S/C9H9ClO3S/c10-6-2-1-5(14-6)7(11)9(3-4-9)8(12)13/h1-2,7,11H,3-4H2,(H,12,13). The number of thiophene rings is 1. The summed E-state index contributed by atoms with van der Waals surface area (Å²) in [6.45, 7) is 0. The molecule has 0 bridgehead atoms. The van der Waals surface area contributed by atoms with E-state index in [1.54, 1.807) is 12.1 Å². The number of hydrogen-bond donors (Lipinski definition) is 2. The highest BCUT2D eigenvalue weighted by Crippen LogP contribution is 2.56. The molecule has 1 fully saturated rings. The second kappa shape index (κ2) is 3.22. The fraction of sp³-hybridized carbons (Fsp3) is 0.444. The van der Waals surface area contributed by atoms with Gasteiger partial charge in [-0.15, -0.1) is 11.3 Å². The molecule has 0 aromatic carbocycles. The number of aliphatic hydroxyl groups is 1. The maximum atomic E-state index is 10.9. The number of rotatable bonds is 3. The van der Waals surface area contributed by atoms with Gasteiger partial charge in [-0.1, -0.05) is 11.6 Å². The summed E-state index contributed by atoms with van der Waals surface area (Å²) in [6.07, 6.45) is 0.162. The molecule has 0 aliphatic heterocycles. The molecule has 1 heterocycles. The van der Waals surface area contributed by atoms with Gasteiger partial charge in [0, 0.05) is 4.88 Å². The lowest BCUT2D eigenvalue weighted by atomic mass is 9.98. The zero-order chi connectivity index (χ0) is 10.3. The fourth-order valence-corrected chi connectivity index (χ4v) is 2.65. The highest BCUT2D eigenvalue weighted by molar-refractivity contribution is 7.16. The van der Waals surface area contributed by atoms with Crippen molar-refractivity contribution in [1.82, 2.24) is 0 Å². The van der Waals surface area contributed by atoms with Crippen LogP contribution in [0.25, 0.3) is 0 Å². The van der Waals surface area contributed by atoms with Gasteiger partial charge in [0.1, 0.15) is 6.10 Å². The van der Waals surface area contributed by atoms with Gasteiger partial charge in [0.25, 0.3) is 0 Å². The van der Waals surface area contributed by atoms with E-state index in [0.717, 1.165) is 0 Å². The molecule has 1 unspecified atom stereocenters. The summed E-state index contributed by atoms with van der Waals surface area (Å²) in [7, 11) is 0. The van der Waals surface area contributed by atoms with E-state index >= 15 is 0 Å². The monoisotopic (exact) mass is 232 g/mol. The maximum Gasteiger partial charge on any atom is 0.312 e. The summed E-state index contributed by atoms with van der Waals surface area (Å²) < 4.78 is 0.570. The molecule has 5 heteroatoms. The number of aliphatic hydroxyl groups excluding tert-OH is 1. The van der Waals surface area contributed by atoms with Crippen molar-refractivity contribution in [3.63, 3.8) is 0 Å². The van der Waals surface area contributed by atoms with E-state index in [1.807, 2.05) is 0 Å². The lowest BCUT2D eigenvalue weighted by Gasteiger charge is -2.15. The number of halogens is 1. The molecule has 1 aliphatic rings. The summed E-state index contributed by atoms with van der Waals surface area (Å²) in [6, 6.07) is 3.35. The third-order valence-corrected chi connectivity index (χ3v) is 3.89. The first-order chi connectivity index (χ1) is 6.56. The van der Waals surface area contributed by atoms with Crippen LogP contribution < -0.4 is 0 Å². The van der Waals surface area contributed by atoms with Gasteiger partial charge in [-0.3, -0.25) is 4.79 Å². The van der Waals surface area contributed by atoms with E-state index in [4.69, 9.17) is 16.7 Å². The zero-order valence-corrected chi connectivity index (χ0v) is 8.81. The van der Waals surface area contributed by atoms with E-state index in [2.05, 4.69) is 0 Å². The number of carboxylic acids is 1. The van der Waals surface area contributed by atoms with Crippen LogP contribution in [0.1, 0.15) is 23.8 Å². The van der Waals surface area contributed by atoms with Gasteiger partial charge in [-0.2, -0.15) is 0 Å².